The highest BCUT2D eigenvalue weighted by atomic mass is 31.1. The molecule has 0 aromatic heterocycles. The van der Waals surface area contributed by atoms with Crippen LogP contribution in [0, 0.1) is 20.8 Å². The first-order chi connectivity index (χ1) is 14.5. The Bertz CT molecular complexity index is 811. The van der Waals surface area contributed by atoms with Crippen molar-refractivity contribution in [1.82, 2.24) is 0 Å². The van der Waals surface area contributed by atoms with Crippen molar-refractivity contribution in [3.05, 3.63) is 52.6 Å². The van der Waals surface area contributed by atoms with Gasteiger partial charge in [-0.1, -0.05) is 17.7 Å². The zero-order chi connectivity index (χ0) is 21.9. The topological polar surface area (TPSA) is 54.0 Å². The summed E-state index contributed by atoms with van der Waals surface area (Å²) in [4.78, 5) is 13.1. The summed E-state index contributed by atoms with van der Waals surface area (Å²) in [6.07, 6.45) is 0. The van der Waals surface area contributed by atoms with E-state index >= 15 is 0 Å². The van der Waals surface area contributed by atoms with Gasteiger partial charge in [-0.25, -0.2) is 0 Å². The molecule has 0 saturated carbocycles. The molecule has 0 spiro atoms. The Morgan fingerprint density at radius 1 is 0.833 bits per heavy atom. The highest BCUT2D eigenvalue weighted by Gasteiger charge is 2.17. The van der Waals surface area contributed by atoms with E-state index in [1.54, 1.807) is 0 Å². The number of aryl methyl sites for hydroxylation is 3. The molecule has 30 heavy (non-hydrogen) atoms. The van der Waals surface area contributed by atoms with Crippen LogP contribution in [0.5, 0.6) is 11.5 Å². The largest absolute Gasteiger partial charge is 0.491 e. The Hall–Kier alpha value is -1.94. The van der Waals surface area contributed by atoms with Gasteiger partial charge in [0.05, 0.1) is 13.2 Å². The maximum absolute atomic E-state index is 13.1. The third-order valence-corrected chi connectivity index (χ3v) is 5.65. The minimum Gasteiger partial charge on any atom is -0.491 e. The summed E-state index contributed by atoms with van der Waals surface area (Å²) in [6, 6.07) is 9.76. The van der Waals surface area contributed by atoms with Gasteiger partial charge in [0.2, 0.25) is 0 Å². The van der Waals surface area contributed by atoms with Gasteiger partial charge in [-0.05, 0) is 66.5 Å². The quantitative estimate of drug-likeness (QED) is 0.342. The van der Waals surface area contributed by atoms with E-state index in [2.05, 4.69) is 12.1 Å². The molecule has 1 atom stereocenters. The first-order valence-corrected chi connectivity index (χ1v) is 11.4. The first-order valence-electron chi connectivity index (χ1n) is 10.4. The van der Waals surface area contributed by atoms with Gasteiger partial charge in [0.15, 0.2) is 5.52 Å². The Morgan fingerprint density at radius 2 is 1.43 bits per heavy atom. The van der Waals surface area contributed by atoms with Gasteiger partial charge >= 0.3 is 0 Å². The predicted octanol–water partition coefficient (Wildman–Crippen LogP) is 4.59. The van der Waals surface area contributed by atoms with Gasteiger partial charge in [0.1, 0.15) is 24.7 Å². The fraction of sp³-hybridized carbons (Fsp3) is 0.458. The van der Waals surface area contributed by atoms with Crippen LogP contribution in [0.25, 0.3) is 0 Å². The maximum Gasteiger partial charge on any atom is 0.186 e. The van der Waals surface area contributed by atoms with Gasteiger partial charge in [-0.2, -0.15) is 0 Å². The number of rotatable bonds is 13. The van der Waals surface area contributed by atoms with Crippen molar-refractivity contribution >= 4 is 19.4 Å². The maximum atomic E-state index is 13.1. The number of hydrogen-bond acceptors (Lipinski definition) is 5. The molecule has 0 saturated heterocycles. The van der Waals surface area contributed by atoms with E-state index in [-0.39, 0.29) is 14.1 Å². The van der Waals surface area contributed by atoms with E-state index in [0.29, 0.717) is 51.1 Å². The van der Waals surface area contributed by atoms with Crippen LogP contribution in [0.4, 0.5) is 0 Å². The molecule has 164 valence electrons. The fourth-order valence-electron chi connectivity index (χ4n) is 3.26. The lowest BCUT2D eigenvalue weighted by Gasteiger charge is -2.15. The van der Waals surface area contributed by atoms with Crippen LogP contribution in [-0.4, -0.2) is 45.2 Å². The smallest absolute Gasteiger partial charge is 0.186 e. The number of carbonyl (C=O) groups is 1. The molecule has 0 amide bonds. The molecule has 2 aromatic rings. The molecule has 2 aromatic carbocycles. The van der Waals surface area contributed by atoms with E-state index in [9.17, 15) is 4.79 Å². The molecule has 0 aliphatic rings. The summed E-state index contributed by atoms with van der Waals surface area (Å²) in [5.41, 5.74) is 4.11. The van der Waals surface area contributed by atoms with Crippen LogP contribution in [0.1, 0.15) is 40.9 Å². The van der Waals surface area contributed by atoms with Crippen LogP contribution in [-0.2, 0) is 9.47 Å². The molecule has 0 aliphatic heterocycles. The summed E-state index contributed by atoms with van der Waals surface area (Å²) in [7, 11) is -0.0300. The molecule has 0 aliphatic carbocycles. The minimum absolute atomic E-state index is 0.0300. The van der Waals surface area contributed by atoms with E-state index in [4.69, 9.17) is 18.9 Å². The van der Waals surface area contributed by atoms with Crippen molar-refractivity contribution < 1.29 is 23.7 Å². The number of benzene rings is 2. The summed E-state index contributed by atoms with van der Waals surface area (Å²) in [5, 5.41) is 0.869. The highest BCUT2D eigenvalue weighted by molar-refractivity contribution is 7.66. The zero-order valence-corrected chi connectivity index (χ0v) is 19.7. The Morgan fingerprint density at radius 3 is 2.03 bits per heavy atom. The van der Waals surface area contributed by atoms with E-state index in [1.807, 2.05) is 52.8 Å². The van der Waals surface area contributed by atoms with Gasteiger partial charge in [0.25, 0.3) is 0 Å². The molecule has 5 nitrogen and oxygen atoms in total. The normalized spacial score (nSPS) is 11.2. The summed E-state index contributed by atoms with van der Waals surface area (Å²) in [5.74, 6) is 1.36. The van der Waals surface area contributed by atoms with Crippen molar-refractivity contribution in [1.29, 1.82) is 0 Å². The summed E-state index contributed by atoms with van der Waals surface area (Å²) >= 11 is 0. The molecule has 6 heteroatoms. The standard InChI is InChI=1S/C24H33O5P/c1-6-26-10-12-28-20-8-9-22(21(16-20)29-13-11-27-7-2)30-24(25)23-18(4)14-17(3)15-19(23)5/h8-9,14-16,30H,6-7,10-13H2,1-5H3. The van der Waals surface area contributed by atoms with E-state index in [0.717, 1.165) is 22.0 Å². The lowest BCUT2D eigenvalue weighted by Crippen LogP contribution is -2.13. The average molecular weight is 432 g/mol. The van der Waals surface area contributed by atoms with Crippen molar-refractivity contribution in [2.45, 2.75) is 34.6 Å². The second kappa shape index (κ2) is 12.7. The molecule has 0 heterocycles. The summed E-state index contributed by atoms with van der Waals surface area (Å²) < 4.78 is 22.4. The average Bonchev–Trinajstić information content (AvgIpc) is 2.69. The second-order valence-electron chi connectivity index (χ2n) is 6.98. The number of carbonyl (C=O) groups excluding carboxylic acids is 1. The number of hydrogen-bond donors (Lipinski definition) is 0. The van der Waals surface area contributed by atoms with Gasteiger partial charge < -0.3 is 18.9 Å². The Labute approximate surface area is 181 Å². The monoisotopic (exact) mass is 432 g/mol. The molecule has 0 fully saturated rings. The molecular weight excluding hydrogens is 399 g/mol. The van der Waals surface area contributed by atoms with Gasteiger partial charge in [-0.3, -0.25) is 4.79 Å². The van der Waals surface area contributed by atoms with E-state index < -0.39 is 0 Å². The Kier molecular flexibility index (Phi) is 10.3. The molecule has 0 N–H and O–H groups in total. The minimum atomic E-state index is -0.0300. The van der Waals surface area contributed by atoms with Crippen LogP contribution >= 0.6 is 8.58 Å². The fourth-order valence-corrected chi connectivity index (χ4v) is 4.45. The lowest BCUT2D eigenvalue weighted by atomic mass is 10.0. The third kappa shape index (κ3) is 7.39. The number of ether oxygens (including phenoxy) is 4. The highest BCUT2D eigenvalue weighted by Crippen LogP contribution is 2.30. The molecule has 2 rings (SSSR count). The van der Waals surface area contributed by atoms with Crippen LogP contribution in [0.15, 0.2) is 30.3 Å². The van der Waals surface area contributed by atoms with Crippen LogP contribution in [0.2, 0.25) is 0 Å². The molecule has 0 radical (unpaired) electrons. The summed E-state index contributed by atoms with van der Waals surface area (Å²) in [6.45, 7) is 13.2. The van der Waals surface area contributed by atoms with E-state index in [1.165, 1.54) is 5.56 Å². The van der Waals surface area contributed by atoms with Crippen LogP contribution < -0.4 is 14.8 Å². The van der Waals surface area contributed by atoms with Crippen molar-refractivity contribution in [2.24, 2.45) is 0 Å². The van der Waals surface area contributed by atoms with Crippen molar-refractivity contribution in [3.63, 3.8) is 0 Å². The molecular formula is C24H33O5P. The van der Waals surface area contributed by atoms with Gasteiger partial charge in [0, 0.05) is 30.1 Å². The zero-order valence-electron chi connectivity index (χ0n) is 18.7. The Balaban J connectivity index is 2.18. The van der Waals surface area contributed by atoms with Crippen molar-refractivity contribution in [3.8, 4) is 11.5 Å². The van der Waals surface area contributed by atoms with Crippen molar-refractivity contribution in [2.75, 3.05) is 39.6 Å². The lowest BCUT2D eigenvalue weighted by molar-refractivity contribution is 0.107. The predicted molar refractivity (Wildman–Crippen MR) is 123 cm³/mol. The first kappa shape index (κ1) is 24.3. The van der Waals surface area contributed by atoms with Gasteiger partial charge in [-0.15, -0.1) is 0 Å². The molecule has 1 unspecified atom stereocenters. The second-order valence-corrected chi connectivity index (χ2v) is 8.22. The van der Waals surface area contributed by atoms with Crippen LogP contribution in [0.3, 0.4) is 0 Å². The molecule has 0 bridgehead atoms. The SMILES string of the molecule is CCOCCOc1ccc(PC(=O)c2c(C)cc(C)cc2C)c(OCCOCC)c1. The third-order valence-electron chi connectivity index (χ3n) is 4.50.